The van der Waals surface area contributed by atoms with Crippen LogP contribution in [0.2, 0.25) is 0 Å². The summed E-state index contributed by atoms with van der Waals surface area (Å²) in [4.78, 5) is 11.6. The normalized spacial score (nSPS) is 37.1. The first kappa shape index (κ1) is 9.75. The van der Waals surface area contributed by atoms with Gasteiger partial charge in [-0.1, -0.05) is 18.1 Å². The molecule has 2 rings (SSSR count). The second kappa shape index (κ2) is 3.41. The fourth-order valence-corrected chi connectivity index (χ4v) is 2.68. The Bertz CT molecular complexity index is 291. The Morgan fingerprint density at radius 1 is 1.29 bits per heavy atom. The summed E-state index contributed by atoms with van der Waals surface area (Å²) in [6.45, 7) is 6.42. The van der Waals surface area contributed by atoms with Gasteiger partial charge in [0.1, 0.15) is 6.10 Å². The molecule has 1 heterocycles. The van der Waals surface area contributed by atoms with Gasteiger partial charge < -0.3 is 4.74 Å². The Kier molecular flexibility index (Phi) is 2.38. The van der Waals surface area contributed by atoms with Crippen LogP contribution in [-0.4, -0.2) is 12.1 Å². The minimum absolute atomic E-state index is 0.0358. The highest BCUT2D eigenvalue weighted by atomic mass is 16.6. The van der Waals surface area contributed by atoms with Crippen molar-refractivity contribution in [3.05, 3.63) is 11.1 Å². The lowest BCUT2D eigenvalue weighted by Gasteiger charge is -2.26. The second-order valence-electron chi connectivity index (χ2n) is 4.62. The van der Waals surface area contributed by atoms with Crippen LogP contribution in [0.5, 0.6) is 0 Å². The molecule has 0 N–H and O–H groups in total. The highest BCUT2D eigenvalue weighted by Crippen LogP contribution is 2.42. The van der Waals surface area contributed by atoms with Crippen LogP contribution in [0, 0.1) is 11.8 Å². The van der Waals surface area contributed by atoms with E-state index >= 15 is 0 Å². The van der Waals surface area contributed by atoms with Gasteiger partial charge in [-0.05, 0) is 33.1 Å². The average molecular weight is 194 g/mol. The lowest BCUT2D eigenvalue weighted by Crippen LogP contribution is -2.24. The Morgan fingerprint density at radius 3 is 2.57 bits per heavy atom. The van der Waals surface area contributed by atoms with Crippen LogP contribution in [0.15, 0.2) is 11.1 Å². The van der Waals surface area contributed by atoms with E-state index in [0.717, 1.165) is 19.3 Å². The number of hydrogen-bond acceptors (Lipinski definition) is 2. The summed E-state index contributed by atoms with van der Waals surface area (Å²) in [6, 6.07) is 0. The Morgan fingerprint density at radius 2 is 1.93 bits per heavy atom. The first-order chi connectivity index (χ1) is 6.63. The molecule has 0 aromatic rings. The minimum atomic E-state index is 0.0358. The van der Waals surface area contributed by atoms with Crippen molar-refractivity contribution in [2.24, 2.45) is 11.8 Å². The van der Waals surface area contributed by atoms with Gasteiger partial charge >= 0.3 is 5.97 Å². The van der Waals surface area contributed by atoms with Gasteiger partial charge in [-0.2, -0.15) is 0 Å². The summed E-state index contributed by atoms with van der Waals surface area (Å²) in [5.74, 6) is 0.647. The number of carbonyl (C=O) groups excluding carboxylic acids is 1. The number of fused-ring (bicyclic) bond motifs is 1. The van der Waals surface area contributed by atoms with E-state index in [-0.39, 0.29) is 18.0 Å². The maximum absolute atomic E-state index is 11.6. The zero-order valence-corrected chi connectivity index (χ0v) is 9.17. The predicted molar refractivity (Wildman–Crippen MR) is 54.8 cm³/mol. The summed E-state index contributed by atoms with van der Waals surface area (Å²) in [7, 11) is 0. The molecule has 14 heavy (non-hydrogen) atoms. The van der Waals surface area contributed by atoms with Crippen LogP contribution in [0.25, 0.3) is 0 Å². The highest BCUT2D eigenvalue weighted by Gasteiger charge is 2.45. The largest absolute Gasteiger partial charge is 0.462 e. The van der Waals surface area contributed by atoms with Gasteiger partial charge in [0.2, 0.25) is 0 Å². The molecule has 0 aromatic carbocycles. The zero-order valence-electron chi connectivity index (χ0n) is 9.17. The summed E-state index contributed by atoms with van der Waals surface area (Å²) in [5.41, 5.74) is 2.85. The van der Waals surface area contributed by atoms with Crippen molar-refractivity contribution >= 4 is 5.97 Å². The molecule has 0 aromatic heterocycles. The Labute approximate surface area is 85.3 Å². The fraction of sp³-hybridized carbons (Fsp3) is 0.750. The van der Waals surface area contributed by atoms with E-state index in [1.54, 1.807) is 0 Å². The number of cyclic esters (lactones) is 1. The quantitative estimate of drug-likeness (QED) is 0.474. The molecule has 1 fully saturated rings. The fourth-order valence-electron chi connectivity index (χ4n) is 2.68. The minimum Gasteiger partial charge on any atom is -0.462 e. The lowest BCUT2D eigenvalue weighted by molar-refractivity contribution is -0.144. The molecule has 0 unspecified atom stereocenters. The molecule has 0 amide bonds. The number of ether oxygens (including phenoxy) is 1. The van der Waals surface area contributed by atoms with Crippen LogP contribution in [0.1, 0.15) is 40.0 Å². The molecular weight excluding hydrogens is 176 g/mol. The van der Waals surface area contributed by atoms with E-state index in [4.69, 9.17) is 4.74 Å². The maximum atomic E-state index is 11.6. The van der Waals surface area contributed by atoms with Crippen molar-refractivity contribution in [3.63, 3.8) is 0 Å². The molecule has 1 saturated heterocycles. The van der Waals surface area contributed by atoms with Gasteiger partial charge in [0, 0.05) is 5.92 Å². The third kappa shape index (κ3) is 1.37. The molecule has 0 radical (unpaired) electrons. The van der Waals surface area contributed by atoms with Gasteiger partial charge in [0.05, 0.1) is 5.92 Å². The molecule has 1 aliphatic carbocycles. The van der Waals surface area contributed by atoms with E-state index in [1.807, 2.05) is 0 Å². The number of carbonyl (C=O) groups is 1. The number of allylic oxidation sites excluding steroid dienone is 2. The monoisotopic (exact) mass is 194 g/mol. The zero-order chi connectivity index (χ0) is 10.3. The SMILES string of the molecule is CC[C@@H]1OC(=O)[C@H]2CC(C)=C(C)C[C@@H]12. The maximum Gasteiger partial charge on any atom is 0.309 e. The van der Waals surface area contributed by atoms with Crippen molar-refractivity contribution in [1.29, 1.82) is 0 Å². The van der Waals surface area contributed by atoms with Gasteiger partial charge in [-0.3, -0.25) is 4.79 Å². The molecular formula is C12H18O2. The number of esters is 1. The van der Waals surface area contributed by atoms with E-state index < -0.39 is 0 Å². The van der Waals surface area contributed by atoms with Crippen molar-refractivity contribution in [1.82, 2.24) is 0 Å². The van der Waals surface area contributed by atoms with Gasteiger partial charge in [0.15, 0.2) is 0 Å². The van der Waals surface area contributed by atoms with E-state index in [1.165, 1.54) is 11.1 Å². The molecule has 0 bridgehead atoms. The third-order valence-corrected chi connectivity index (χ3v) is 3.76. The molecule has 0 spiro atoms. The van der Waals surface area contributed by atoms with Crippen molar-refractivity contribution in [2.75, 3.05) is 0 Å². The molecule has 2 nitrogen and oxygen atoms in total. The first-order valence-corrected chi connectivity index (χ1v) is 5.49. The van der Waals surface area contributed by atoms with Crippen LogP contribution in [0.3, 0.4) is 0 Å². The van der Waals surface area contributed by atoms with Gasteiger partial charge in [-0.25, -0.2) is 0 Å². The molecule has 1 aliphatic heterocycles. The van der Waals surface area contributed by atoms with E-state index in [2.05, 4.69) is 20.8 Å². The first-order valence-electron chi connectivity index (χ1n) is 5.49. The van der Waals surface area contributed by atoms with Crippen LogP contribution in [0.4, 0.5) is 0 Å². The highest BCUT2D eigenvalue weighted by molar-refractivity contribution is 5.76. The van der Waals surface area contributed by atoms with Crippen molar-refractivity contribution in [3.8, 4) is 0 Å². The third-order valence-electron chi connectivity index (χ3n) is 3.76. The number of rotatable bonds is 1. The summed E-state index contributed by atoms with van der Waals surface area (Å²) in [5, 5.41) is 0. The number of hydrogen-bond donors (Lipinski definition) is 0. The standard InChI is InChI=1S/C12H18O2/c1-4-11-9-5-7(2)8(3)6-10(9)12(13)14-11/h9-11H,4-6H2,1-3H3/t9-,10+,11+/m1/s1. The molecule has 2 heteroatoms. The molecule has 0 saturated carbocycles. The van der Waals surface area contributed by atoms with E-state index in [0.29, 0.717) is 5.92 Å². The molecule has 78 valence electrons. The van der Waals surface area contributed by atoms with Gasteiger partial charge in [-0.15, -0.1) is 0 Å². The summed E-state index contributed by atoms with van der Waals surface area (Å²) >= 11 is 0. The Hall–Kier alpha value is -0.790. The summed E-state index contributed by atoms with van der Waals surface area (Å²) < 4.78 is 5.39. The van der Waals surface area contributed by atoms with Crippen LogP contribution in [-0.2, 0) is 9.53 Å². The topological polar surface area (TPSA) is 26.3 Å². The van der Waals surface area contributed by atoms with Crippen LogP contribution < -0.4 is 0 Å². The lowest BCUT2D eigenvalue weighted by atomic mass is 9.75. The van der Waals surface area contributed by atoms with Crippen molar-refractivity contribution in [2.45, 2.75) is 46.1 Å². The predicted octanol–water partition coefficient (Wildman–Crippen LogP) is 2.68. The second-order valence-corrected chi connectivity index (χ2v) is 4.62. The molecule has 2 aliphatic rings. The molecule has 3 atom stereocenters. The smallest absolute Gasteiger partial charge is 0.309 e. The van der Waals surface area contributed by atoms with Gasteiger partial charge in [0.25, 0.3) is 0 Å². The average Bonchev–Trinajstić information content (AvgIpc) is 2.45. The summed E-state index contributed by atoms with van der Waals surface area (Å²) in [6.07, 6.45) is 3.11. The van der Waals surface area contributed by atoms with E-state index in [9.17, 15) is 4.79 Å². The Balaban J connectivity index is 2.23. The van der Waals surface area contributed by atoms with Crippen molar-refractivity contribution < 1.29 is 9.53 Å². The van der Waals surface area contributed by atoms with Crippen LogP contribution >= 0.6 is 0 Å².